The van der Waals surface area contributed by atoms with Gasteiger partial charge >= 0.3 is 5.97 Å². The first-order valence-corrected chi connectivity index (χ1v) is 10.0. The van der Waals surface area contributed by atoms with E-state index in [1.54, 1.807) is 17.5 Å². The fraction of sp³-hybridized carbons (Fsp3) is 0.421. The molecule has 0 spiro atoms. The summed E-state index contributed by atoms with van der Waals surface area (Å²) < 4.78 is 6.77. The molecule has 9 heteroatoms. The highest BCUT2D eigenvalue weighted by atomic mass is 32.1. The highest BCUT2D eigenvalue weighted by molar-refractivity contribution is 7.16. The van der Waals surface area contributed by atoms with E-state index in [0.717, 1.165) is 28.2 Å². The van der Waals surface area contributed by atoms with Gasteiger partial charge < -0.3 is 10.1 Å². The van der Waals surface area contributed by atoms with Gasteiger partial charge in [-0.05, 0) is 45.2 Å². The van der Waals surface area contributed by atoms with Crippen LogP contribution in [0.25, 0.3) is 5.78 Å². The van der Waals surface area contributed by atoms with Gasteiger partial charge in [-0.3, -0.25) is 4.79 Å². The molecule has 0 saturated heterocycles. The predicted molar refractivity (Wildman–Crippen MR) is 107 cm³/mol. The average Bonchev–Trinajstić information content (AvgIpc) is 3.28. The summed E-state index contributed by atoms with van der Waals surface area (Å²) in [7, 11) is 0. The first-order chi connectivity index (χ1) is 13.4. The van der Waals surface area contributed by atoms with Crippen LogP contribution in [-0.4, -0.2) is 38.1 Å². The van der Waals surface area contributed by atoms with Crippen molar-refractivity contribution < 1.29 is 14.3 Å². The lowest BCUT2D eigenvalue weighted by Crippen LogP contribution is -2.16. The largest absolute Gasteiger partial charge is 0.462 e. The first-order valence-electron chi connectivity index (χ1n) is 9.20. The number of aromatic nitrogens is 4. The molecule has 0 bridgehead atoms. The maximum Gasteiger partial charge on any atom is 0.341 e. The Bertz CT molecular complexity index is 1020. The van der Waals surface area contributed by atoms with E-state index in [1.807, 2.05) is 20.8 Å². The van der Waals surface area contributed by atoms with E-state index in [9.17, 15) is 9.59 Å². The van der Waals surface area contributed by atoms with Gasteiger partial charge in [0.2, 0.25) is 5.91 Å². The van der Waals surface area contributed by atoms with E-state index in [2.05, 4.69) is 20.4 Å². The van der Waals surface area contributed by atoms with E-state index in [0.29, 0.717) is 29.4 Å². The molecule has 0 aromatic carbocycles. The number of hydrogen-bond acceptors (Lipinski definition) is 7. The van der Waals surface area contributed by atoms with Crippen molar-refractivity contribution in [3.63, 3.8) is 0 Å². The monoisotopic (exact) mass is 401 g/mol. The number of carbonyl (C=O) groups is 2. The Kier molecular flexibility index (Phi) is 6.03. The van der Waals surface area contributed by atoms with Crippen molar-refractivity contribution in [1.82, 2.24) is 19.6 Å². The minimum absolute atomic E-state index is 0.160. The summed E-state index contributed by atoms with van der Waals surface area (Å²) in [6.45, 7) is 7.90. The molecule has 0 radical (unpaired) electrons. The second-order valence-electron chi connectivity index (χ2n) is 6.31. The number of esters is 1. The Labute approximate surface area is 167 Å². The summed E-state index contributed by atoms with van der Waals surface area (Å²) >= 11 is 1.41. The van der Waals surface area contributed by atoms with Gasteiger partial charge in [-0.2, -0.15) is 10.1 Å². The summed E-state index contributed by atoms with van der Waals surface area (Å²) in [5.41, 5.74) is 3.14. The lowest BCUT2D eigenvalue weighted by atomic mass is 10.1. The number of rotatable bonds is 7. The van der Waals surface area contributed by atoms with Crippen LogP contribution in [0.3, 0.4) is 0 Å². The number of hydrogen-bond donors (Lipinski definition) is 1. The SMILES string of the molecule is CCOC(=O)c1cc(CC)sc1NC(=O)CCc1c(C)nc2ncnn2c1C. The molecule has 28 heavy (non-hydrogen) atoms. The van der Waals surface area contributed by atoms with E-state index in [-0.39, 0.29) is 12.3 Å². The minimum atomic E-state index is -0.415. The van der Waals surface area contributed by atoms with Crippen molar-refractivity contribution in [2.45, 2.75) is 47.0 Å². The zero-order valence-corrected chi connectivity index (χ0v) is 17.2. The lowest BCUT2D eigenvalue weighted by molar-refractivity contribution is -0.116. The van der Waals surface area contributed by atoms with Crippen molar-refractivity contribution in [2.75, 3.05) is 11.9 Å². The molecule has 0 fully saturated rings. The zero-order valence-electron chi connectivity index (χ0n) is 16.4. The molecule has 1 amide bonds. The van der Waals surface area contributed by atoms with Crippen LogP contribution in [0, 0.1) is 13.8 Å². The molecule has 1 N–H and O–H groups in total. The average molecular weight is 401 g/mol. The van der Waals surface area contributed by atoms with Crippen LogP contribution in [0.5, 0.6) is 0 Å². The zero-order chi connectivity index (χ0) is 20.3. The van der Waals surface area contributed by atoms with Crippen molar-refractivity contribution >= 4 is 34.0 Å². The quantitative estimate of drug-likeness (QED) is 0.611. The van der Waals surface area contributed by atoms with Crippen molar-refractivity contribution in [3.05, 3.63) is 39.8 Å². The standard InChI is InChI=1S/C19H23N5O3S/c1-5-13-9-15(18(26)27-6-2)17(28-13)23-16(25)8-7-14-11(3)22-19-20-10-21-24(19)12(14)4/h9-10H,5-8H2,1-4H3,(H,23,25). The van der Waals surface area contributed by atoms with Crippen LogP contribution in [-0.2, 0) is 22.4 Å². The molecule has 0 aliphatic carbocycles. The molecule has 0 unspecified atom stereocenters. The van der Waals surface area contributed by atoms with Gasteiger partial charge in [0.05, 0.1) is 12.2 Å². The number of anilines is 1. The Balaban J connectivity index is 1.73. The third-order valence-corrected chi connectivity index (χ3v) is 5.67. The Hall–Kier alpha value is -2.81. The van der Waals surface area contributed by atoms with Crippen molar-refractivity contribution in [3.8, 4) is 0 Å². The second kappa shape index (κ2) is 8.47. The molecule has 3 aromatic rings. The Morgan fingerprint density at radius 1 is 1.29 bits per heavy atom. The van der Waals surface area contributed by atoms with Crippen LogP contribution in [0.2, 0.25) is 0 Å². The second-order valence-corrected chi connectivity index (χ2v) is 7.45. The molecule has 148 valence electrons. The molecule has 3 heterocycles. The van der Waals surface area contributed by atoms with Crippen LogP contribution >= 0.6 is 11.3 Å². The van der Waals surface area contributed by atoms with Crippen molar-refractivity contribution in [2.24, 2.45) is 0 Å². The van der Waals surface area contributed by atoms with Crippen LogP contribution < -0.4 is 5.32 Å². The summed E-state index contributed by atoms with van der Waals surface area (Å²) in [6, 6.07) is 1.79. The van der Waals surface area contributed by atoms with Crippen LogP contribution in [0.1, 0.15) is 52.5 Å². The summed E-state index contributed by atoms with van der Waals surface area (Å²) in [6.07, 6.45) is 3.04. The third-order valence-electron chi connectivity index (χ3n) is 4.47. The number of fused-ring (bicyclic) bond motifs is 1. The number of amides is 1. The molecular formula is C19H23N5O3S. The van der Waals surface area contributed by atoms with Crippen LogP contribution in [0.4, 0.5) is 5.00 Å². The lowest BCUT2D eigenvalue weighted by Gasteiger charge is -2.10. The van der Waals surface area contributed by atoms with E-state index < -0.39 is 5.97 Å². The fourth-order valence-corrected chi connectivity index (χ4v) is 4.01. The molecular weight excluding hydrogens is 378 g/mol. The van der Waals surface area contributed by atoms with Gasteiger partial charge in [-0.25, -0.2) is 14.3 Å². The third kappa shape index (κ3) is 4.04. The molecule has 0 atom stereocenters. The Morgan fingerprint density at radius 2 is 2.07 bits per heavy atom. The maximum absolute atomic E-state index is 12.5. The normalized spacial score (nSPS) is 11.0. The van der Waals surface area contributed by atoms with Gasteiger partial charge in [0.15, 0.2) is 0 Å². The summed E-state index contributed by atoms with van der Waals surface area (Å²) in [5, 5.41) is 7.58. The molecule has 3 rings (SSSR count). The van der Waals surface area contributed by atoms with Gasteiger partial charge in [0.1, 0.15) is 11.3 Å². The fourth-order valence-electron chi connectivity index (χ4n) is 3.01. The van der Waals surface area contributed by atoms with E-state index >= 15 is 0 Å². The number of carbonyl (C=O) groups excluding carboxylic acids is 2. The van der Waals surface area contributed by atoms with Gasteiger partial charge in [-0.15, -0.1) is 11.3 Å². The molecule has 0 aliphatic rings. The van der Waals surface area contributed by atoms with Crippen LogP contribution in [0.15, 0.2) is 12.4 Å². The van der Waals surface area contributed by atoms with Crippen molar-refractivity contribution in [1.29, 1.82) is 0 Å². The molecule has 3 aromatic heterocycles. The minimum Gasteiger partial charge on any atom is -0.462 e. The predicted octanol–water partition coefficient (Wildman–Crippen LogP) is 3.11. The summed E-state index contributed by atoms with van der Waals surface area (Å²) in [4.78, 5) is 34.2. The van der Waals surface area contributed by atoms with E-state index in [1.165, 1.54) is 17.7 Å². The number of nitrogens with zero attached hydrogens (tertiary/aromatic N) is 4. The number of thiophene rings is 1. The highest BCUT2D eigenvalue weighted by Gasteiger charge is 2.19. The molecule has 0 aliphatic heterocycles. The first kappa shape index (κ1) is 19.9. The Morgan fingerprint density at radius 3 is 2.79 bits per heavy atom. The smallest absolute Gasteiger partial charge is 0.341 e. The number of nitrogens with one attached hydrogen (secondary N) is 1. The maximum atomic E-state index is 12.5. The number of aryl methyl sites for hydroxylation is 3. The molecule has 8 nitrogen and oxygen atoms in total. The number of ether oxygens (including phenoxy) is 1. The van der Waals surface area contributed by atoms with Gasteiger partial charge in [0, 0.05) is 22.7 Å². The van der Waals surface area contributed by atoms with Gasteiger partial charge in [-0.1, -0.05) is 6.92 Å². The molecule has 0 saturated carbocycles. The van der Waals surface area contributed by atoms with E-state index in [4.69, 9.17) is 4.74 Å². The van der Waals surface area contributed by atoms with Gasteiger partial charge in [0.25, 0.3) is 5.78 Å². The highest BCUT2D eigenvalue weighted by Crippen LogP contribution is 2.29. The topological polar surface area (TPSA) is 98.5 Å². The summed E-state index contributed by atoms with van der Waals surface area (Å²) in [5.74, 6) is -0.0261.